The Morgan fingerprint density at radius 1 is 1.06 bits per heavy atom. The number of amides is 1. The summed E-state index contributed by atoms with van der Waals surface area (Å²) in [7, 11) is 1.92. The monoisotopic (exact) mass is 474 g/mol. The molecule has 0 spiro atoms. The van der Waals surface area contributed by atoms with E-state index in [-0.39, 0.29) is 42.9 Å². The van der Waals surface area contributed by atoms with Crippen LogP contribution in [0.4, 0.5) is 4.79 Å². The van der Waals surface area contributed by atoms with Gasteiger partial charge in [0.25, 0.3) is 0 Å². The second-order valence-corrected chi connectivity index (χ2v) is 8.03. The maximum Gasteiger partial charge on any atom is 0.410 e. The third kappa shape index (κ3) is 4.10. The lowest BCUT2D eigenvalue weighted by atomic mass is 9.98. The molecular weight excluding hydrogens is 447 g/mol. The maximum atomic E-state index is 13.1. The summed E-state index contributed by atoms with van der Waals surface area (Å²) in [6.07, 6.45) is 1.60. The van der Waals surface area contributed by atoms with Crippen molar-refractivity contribution in [1.82, 2.24) is 20.0 Å². The summed E-state index contributed by atoms with van der Waals surface area (Å²) in [4.78, 5) is 15.0. The molecule has 170 valence electrons. The fourth-order valence-electron chi connectivity index (χ4n) is 4.72. The van der Waals surface area contributed by atoms with Crippen LogP contribution in [-0.2, 0) is 11.8 Å². The molecule has 5 rings (SSSR count). The first-order valence-corrected chi connectivity index (χ1v) is 10.5. The van der Waals surface area contributed by atoms with E-state index in [1.807, 2.05) is 29.7 Å². The van der Waals surface area contributed by atoms with Crippen molar-refractivity contribution in [3.05, 3.63) is 77.1 Å². The second kappa shape index (κ2) is 9.94. The topological polar surface area (TPSA) is 59.4 Å². The summed E-state index contributed by atoms with van der Waals surface area (Å²) in [6.45, 7) is 4.47. The molecule has 1 fully saturated rings. The predicted molar refractivity (Wildman–Crippen MR) is 130 cm³/mol. The number of nitrogens with zero attached hydrogens (tertiary/aromatic N) is 3. The molecule has 1 N–H and O–H groups in total. The zero-order chi connectivity index (χ0) is 20.7. The van der Waals surface area contributed by atoms with Crippen LogP contribution in [-0.4, -0.2) is 47.0 Å². The van der Waals surface area contributed by atoms with Crippen LogP contribution in [0.15, 0.2) is 54.7 Å². The number of fused-ring (bicyclic) bond motifs is 3. The van der Waals surface area contributed by atoms with E-state index in [1.54, 1.807) is 0 Å². The molecule has 3 aromatic rings. The SMILES string of the molecule is Cc1c(C2CNCCN2C(=O)OCC2c3ccccc3-c3ccccc32)cnn1C.Cl.Cl. The van der Waals surface area contributed by atoms with Crippen LogP contribution in [0, 0.1) is 6.92 Å². The van der Waals surface area contributed by atoms with Crippen LogP contribution in [0.2, 0.25) is 0 Å². The number of ether oxygens (including phenoxy) is 1. The van der Waals surface area contributed by atoms with E-state index in [0.717, 1.165) is 17.8 Å². The van der Waals surface area contributed by atoms with Crippen molar-refractivity contribution in [1.29, 1.82) is 0 Å². The molecule has 0 bridgehead atoms. The van der Waals surface area contributed by atoms with Crippen molar-refractivity contribution < 1.29 is 9.53 Å². The smallest absolute Gasteiger partial charge is 0.410 e. The highest BCUT2D eigenvalue weighted by atomic mass is 35.5. The minimum absolute atomic E-state index is 0. The highest BCUT2D eigenvalue weighted by Gasteiger charge is 2.33. The quantitative estimate of drug-likeness (QED) is 0.608. The molecule has 8 heteroatoms. The molecule has 1 saturated heterocycles. The molecule has 2 aromatic carbocycles. The number of aryl methyl sites for hydroxylation is 1. The zero-order valence-electron chi connectivity index (χ0n) is 18.2. The van der Waals surface area contributed by atoms with Gasteiger partial charge in [0.1, 0.15) is 6.61 Å². The Labute approximate surface area is 200 Å². The summed E-state index contributed by atoms with van der Waals surface area (Å²) in [5.74, 6) is 0.0721. The average molecular weight is 475 g/mol. The van der Waals surface area contributed by atoms with Crippen LogP contribution >= 0.6 is 24.8 Å². The Balaban J connectivity index is 0.00000144. The van der Waals surface area contributed by atoms with Gasteiger partial charge in [0.05, 0.1) is 12.2 Å². The van der Waals surface area contributed by atoms with E-state index >= 15 is 0 Å². The normalized spacial score (nSPS) is 17.1. The van der Waals surface area contributed by atoms with Crippen LogP contribution in [0.3, 0.4) is 0 Å². The lowest BCUT2D eigenvalue weighted by Crippen LogP contribution is -2.49. The van der Waals surface area contributed by atoms with Crippen LogP contribution < -0.4 is 5.32 Å². The summed E-state index contributed by atoms with van der Waals surface area (Å²) < 4.78 is 7.76. The number of halogens is 2. The van der Waals surface area contributed by atoms with E-state index in [4.69, 9.17) is 4.74 Å². The van der Waals surface area contributed by atoms with Gasteiger partial charge in [0, 0.05) is 43.9 Å². The van der Waals surface area contributed by atoms with Crippen molar-refractivity contribution in [2.24, 2.45) is 7.05 Å². The fraction of sp³-hybridized carbons (Fsp3) is 0.333. The first-order valence-electron chi connectivity index (χ1n) is 10.5. The molecule has 1 aliphatic heterocycles. The molecule has 32 heavy (non-hydrogen) atoms. The van der Waals surface area contributed by atoms with E-state index in [9.17, 15) is 4.79 Å². The van der Waals surface area contributed by atoms with Crippen molar-refractivity contribution >= 4 is 30.9 Å². The molecule has 2 aliphatic rings. The highest BCUT2D eigenvalue weighted by molar-refractivity contribution is 5.85. The lowest BCUT2D eigenvalue weighted by Gasteiger charge is -2.35. The van der Waals surface area contributed by atoms with E-state index in [2.05, 4.69) is 58.9 Å². The molecule has 1 aliphatic carbocycles. The Morgan fingerprint density at radius 2 is 1.69 bits per heavy atom. The first kappa shape index (κ1) is 24.1. The van der Waals surface area contributed by atoms with Crippen molar-refractivity contribution in [2.75, 3.05) is 26.2 Å². The van der Waals surface area contributed by atoms with Gasteiger partial charge in [-0.3, -0.25) is 9.58 Å². The van der Waals surface area contributed by atoms with E-state index in [0.29, 0.717) is 19.7 Å². The number of carbonyl (C=O) groups excluding carboxylic acids is 1. The molecule has 6 nitrogen and oxygen atoms in total. The van der Waals surface area contributed by atoms with Gasteiger partial charge in [0.2, 0.25) is 0 Å². The number of carbonyl (C=O) groups is 1. The zero-order valence-corrected chi connectivity index (χ0v) is 19.8. The maximum absolute atomic E-state index is 13.1. The third-order valence-electron chi connectivity index (χ3n) is 6.45. The number of aromatic nitrogens is 2. The highest BCUT2D eigenvalue weighted by Crippen LogP contribution is 2.44. The summed E-state index contributed by atoms with van der Waals surface area (Å²) in [5, 5.41) is 7.75. The van der Waals surface area contributed by atoms with Crippen molar-refractivity contribution in [2.45, 2.75) is 18.9 Å². The molecule has 0 radical (unpaired) electrons. The van der Waals surface area contributed by atoms with Gasteiger partial charge in [-0.25, -0.2) is 4.79 Å². The average Bonchev–Trinajstić information content (AvgIpc) is 3.29. The van der Waals surface area contributed by atoms with Gasteiger partial charge in [0.15, 0.2) is 0 Å². The Kier molecular flexibility index (Phi) is 7.49. The molecule has 0 saturated carbocycles. The Morgan fingerprint density at radius 3 is 2.28 bits per heavy atom. The predicted octanol–water partition coefficient (Wildman–Crippen LogP) is 4.47. The van der Waals surface area contributed by atoms with Gasteiger partial charge < -0.3 is 10.1 Å². The van der Waals surface area contributed by atoms with E-state index in [1.165, 1.54) is 22.3 Å². The second-order valence-electron chi connectivity index (χ2n) is 8.03. The molecule has 2 heterocycles. The molecule has 1 amide bonds. The third-order valence-corrected chi connectivity index (χ3v) is 6.45. The van der Waals surface area contributed by atoms with Crippen LogP contribution in [0.5, 0.6) is 0 Å². The fourth-order valence-corrected chi connectivity index (χ4v) is 4.72. The lowest BCUT2D eigenvalue weighted by molar-refractivity contribution is 0.0751. The van der Waals surface area contributed by atoms with Gasteiger partial charge in [-0.1, -0.05) is 48.5 Å². The number of nitrogens with one attached hydrogen (secondary N) is 1. The van der Waals surface area contributed by atoms with Gasteiger partial charge >= 0.3 is 6.09 Å². The number of hydrogen-bond donors (Lipinski definition) is 1. The molecular formula is C24H28Cl2N4O2. The number of benzene rings is 2. The number of rotatable bonds is 3. The molecule has 1 atom stereocenters. The van der Waals surface area contributed by atoms with Gasteiger partial charge in [-0.15, -0.1) is 24.8 Å². The Bertz CT molecular complexity index is 1060. The number of hydrogen-bond acceptors (Lipinski definition) is 4. The summed E-state index contributed by atoms with van der Waals surface area (Å²) >= 11 is 0. The van der Waals surface area contributed by atoms with E-state index < -0.39 is 0 Å². The van der Waals surface area contributed by atoms with Crippen molar-refractivity contribution in [3.8, 4) is 11.1 Å². The van der Waals surface area contributed by atoms with Crippen LogP contribution in [0.1, 0.15) is 34.3 Å². The van der Waals surface area contributed by atoms with Crippen LogP contribution in [0.25, 0.3) is 11.1 Å². The van der Waals surface area contributed by atoms with Crippen molar-refractivity contribution in [3.63, 3.8) is 0 Å². The minimum atomic E-state index is -0.258. The standard InChI is InChI=1S/C24H26N4O2.2ClH/c1-16-21(13-26-27(16)2)23-14-25-11-12-28(23)24(29)30-15-22-19-9-5-3-7-17(19)18-8-4-6-10-20(18)22;;/h3-10,13,22-23,25H,11-12,14-15H2,1-2H3;2*1H. The Hall–Kier alpha value is -2.54. The number of piperazine rings is 1. The van der Waals surface area contributed by atoms with Gasteiger partial charge in [-0.05, 0) is 29.2 Å². The minimum Gasteiger partial charge on any atom is -0.448 e. The summed E-state index contributed by atoms with van der Waals surface area (Å²) in [5.41, 5.74) is 7.07. The molecule has 1 unspecified atom stereocenters. The molecule has 1 aromatic heterocycles. The largest absolute Gasteiger partial charge is 0.448 e. The first-order chi connectivity index (χ1) is 14.6. The van der Waals surface area contributed by atoms with Gasteiger partial charge in [-0.2, -0.15) is 5.10 Å². The summed E-state index contributed by atoms with van der Waals surface area (Å²) in [6, 6.07) is 16.7.